The predicted octanol–water partition coefficient (Wildman–Crippen LogP) is 2.11. The highest BCUT2D eigenvalue weighted by atomic mass is 32.1. The minimum absolute atomic E-state index is 0.167. The zero-order valence-electron chi connectivity index (χ0n) is 18.1. The van der Waals surface area contributed by atoms with E-state index in [2.05, 4.69) is 16.4 Å². The molecular weight excluding hydrogens is 460 g/mol. The van der Waals surface area contributed by atoms with Crippen molar-refractivity contribution in [1.29, 1.82) is 0 Å². The van der Waals surface area contributed by atoms with Gasteiger partial charge in [0.25, 0.3) is 5.91 Å². The van der Waals surface area contributed by atoms with Gasteiger partial charge in [0.2, 0.25) is 0 Å². The van der Waals surface area contributed by atoms with Gasteiger partial charge in [-0.05, 0) is 47.7 Å². The Labute approximate surface area is 198 Å². The van der Waals surface area contributed by atoms with Crippen LogP contribution in [0.3, 0.4) is 0 Å². The molecule has 0 spiro atoms. The average Bonchev–Trinajstić information content (AvgIpc) is 3.51. The number of carbonyl (C=O) groups is 4. The number of aromatic amines is 1. The van der Waals surface area contributed by atoms with Crippen LogP contribution in [-0.4, -0.2) is 56.6 Å². The van der Waals surface area contributed by atoms with Crippen molar-refractivity contribution in [2.75, 3.05) is 6.54 Å². The minimum Gasteiger partial charge on any atom is -0.478 e. The summed E-state index contributed by atoms with van der Waals surface area (Å²) in [6.07, 6.45) is 4.38. The van der Waals surface area contributed by atoms with Crippen LogP contribution < -0.4 is 11.1 Å². The van der Waals surface area contributed by atoms with Gasteiger partial charge in [-0.3, -0.25) is 9.69 Å². The summed E-state index contributed by atoms with van der Waals surface area (Å²) in [6.45, 7) is 0.919. The molecule has 3 amide bonds. The van der Waals surface area contributed by atoms with E-state index in [0.717, 1.165) is 27.8 Å². The van der Waals surface area contributed by atoms with Gasteiger partial charge < -0.3 is 26.2 Å². The minimum atomic E-state index is -1.26. The Morgan fingerprint density at radius 2 is 1.88 bits per heavy atom. The lowest BCUT2D eigenvalue weighted by atomic mass is 10.0. The molecule has 1 aromatic carbocycles. The number of rotatable bonds is 8. The van der Waals surface area contributed by atoms with E-state index in [-0.39, 0.29) is 11.9 Å². The lowest BCUT2D eigenvalue weighted by Gasteiger charge is -2.12. The smallest absolute Gasteiger partial charge is 0.328 e. The molecule has 1 aliphatic rings. The normalized spacial score (nSPS) is 15.4. The Morgan fingerprint density at radius 1 is 1.15 bits per heavy atom. The zero-order chi connectivity index (χ0) is 24.7. The Kier molecular flexibility index (Phi) is 8.17. The number of aromatic nitrogens is 1. The number of hydrogen-bond donors (Lipinski definition) is 5. The van der Waals surface area contributed by atoms with Crippen LogP contribution in [0.1, 0.15) is 16.0 Å². The van der Waals surface area contributed by atoms with Crippen molar-refractivity contribution in [3.63, 3.8) is 0 Å². The quantitative estimate of drug-likeness (QED) is 0.241. The Bertz CT molecular complexity index is 1200. The van der Waals surface area contributed by atoms with Crippen LogP contribution in [0, 0.1) is 0 Å². The fourth-order valence-electron chi connectivity index (χ4n) is 3.52. The molecule has 0 aliphatic carbocycles. The van der Waals surface area contributed by atoms with E-state index in [4.69, 9.17) is 15.9 Å². The first kappa shape index (κ1) is 24.7. The summed E-state index contributed by atoms with van der Waals surface area (Å²) in [5.41, 5.74) is 8.92. The number of carboxylic acid groups (broad SMARTS) is 2. The highest BCUT2D eigenvalue weighted by molar-refractivity contribution is 7.09. The molecular formula is C23H24N4O6S. The van der Waals surface area contributed by atoms with Gasteiger partial charge in [0.05, 0.1) is 6.54 Å². The van der Waals surface area contributed by atoms with Crippen LogP contribution in [-0.2, 0) is 33.8 Å². The van der Waals surface area contributed by atoms with Gasteiger partial charge in [0.1, 0.15) is 6.04 Å². The average molecular weight is 485 g/mol. The second-order valence-corrected chi connectivity index (χ2v) is 8.48. The number of carbonyl (C=O) groups excluding carboxylic acids is 2. The molecule has 1 saturated heterocycles. The predicted molar refractivity (Wildman–Crippen MR) is 126 cm³/mol. The van der Waals surface area contributed by atoms with Gasteiger partial charge in [-0.2, -0.15) is 0 Å². The molecule has 2 aromatic heterocycles. The first-order valence-corrected chi connectivity index (χ1v) is 11.2. The van der Waals surface area contributed by atoms with Gasteiger partial charge in [-0.15, -0.1) is 11.3 Å². The lowest BCUT2D eigenvalue weighted by Crippen LogP contribution is -2.32. The molecule has 10 nitrogen and oxygen atoms in total. The third kappa shape index (κ3) is 6.30. The Balaban J connectivity index is 0.000000350. The van der Waals surface area contributed by atoms with Gasteiger partial charge in [-0.1, -0.05) is 12.1 Å². The molecule has 0 saturated carbocycles. The maximum atomic E-state index is 12.7. The Hall–Kier alpha value is -3.96. The molecule has 11 heteroatoms. The van der Waals surface area contributed by atoms with E-state index < -0.39 is 18.0 Å². The molecule has 1 fully saturated rings. The standard InChI is InChI=1S/C19H20N4O2S.C4H4O4/c20-6-5-13-10-21-16-4-3-12(8-15(13)16)9-17-18(24)23(19(25)22-17)11-14-2-1-7-26-14;5-3(6)1-2-4(7)8/h1-4,7-8,10,17,21H,5-6,9,11,20H2,(H,22,25);1-2H,(H,5,6)(H,7,8)/b;2-1-. The molecule has 6 N–H and O–H groups in total. The number of nitrogens with zero attached hydrogens (tertiary/aromatic N) is 1. The van der Waals surface area contributed by atoms with Gasteiger partial charge in [0.15, 0.2) is 0 Å². The van der Waals surface area contributed by atoms with Crippen molar-refractivity contribution in [3.05, 3.63) is 70.1 Å². The number of thiophene rings is 1. The van der Waals surface area contributed by atoms with Crippen LogP contribution in [0.25, 0.3) is 10.9 Å². The first-order chi connectivity index (χ1) is 16.3. The maximum Gasteiger partial charge on any atom is 0.328 e. The molecule has 4 rings (SSSR count). The summed E-state index contributed by atoms with van der Waals surface area (Å²) in [5.74, 6) is -2.68. The number of amides is 3. The van der Waals surface area contributed by atoms with Crippen molar-refractivity contribution in [2.24, 2.45) is 5.73 Å². The number of benzene rings is 1. The number of fused-ring (bicyclic) bond motifs is 1. The van der Waals surface area contributed by atoms with Crippen LogP contribution in [0.5, 0.6) is 0 Å². The topological polar surface area (TPSA) is 166 Å². The molecule has 34 heavy (non-hydrogen) atoms. The van der Waals surface area contributed by atoms with Gasteiger partial charge in [-0.25, -0.2) is 14.4 Å². The first-order valence-electron chi connectivity index (χ1n) is 10.4. The van der Waals surface area contributed by atoms with E-state index in [0.29, 0.717) is 31.7 Å². The highest BCUT2D eigenvalue weighted by Gasteiger charge is 2.37. The van der Waals surface area contributed by atoms with Crippen LogP contribution >= 0.6 is 11.3 Å². The maximum absolute atomic E-state index is 12.7. The molecule has 178 valence electrons. The highest BCUT2D eigenvalue weighted by Crippen LogP contribution is 2.23. The fourth-order valence-corrected chi connectivity index (χ4v) is 4.21. The largest absolute Gasteiger partial charge is 0.478 e. The van der Waals surface area contributed by atoms with Gasteiger partial charge in [0, 0.05) is 40.5 Å². The second kappa shape index (κ2) is 11.3. The van der Waals surface area contributed by atoms with Crippen molar-refractivity contribution in [2.45, 2.75) is 25.4 Å². The molecule has 1 unspecified atom stereocenters. The van der Waals surface area contributed by atoms with Crippen LogP contribution in [0.2, 0.25) is 0 Å². The number of nitrogens with two attached hydrogens (primary N) is 1. The Morgan fingerprint density at radius 3 is 2.50 bits per heavy atom. The number of carboxylic acids is 2. The molecule has 3 aromatic rings. The van der Waals surface area contributed by atoms with Crippen molar-refractivity contribution in [1.82, 2.24) is 15.2 Å². The number of aliphatic carboxylic acids is 2. The number of urea groups is 1. The van der Waals surface area contributed by atoms with Crippen molar-refractivity contribution >= 4 is 46.1 Å². The monoisotopic (exact) mass is 484 g/mol. The summed E-state index contributed by atoms with van der Waals surface area (Å²) in [4.78, 5) is 49.5. The third-order valence-electron chi connectivity index (χ3n) is 5.05. The molecule has 1 aliphatic heterocycles. The number of imide groups is 1. The fraction of sp³-hybridized carbons (Fsp3) is 0.217. The summed E-state index contributed by atoms with van der Waals surface area (Å²) < 4.78 is 0. The summed E-state index contributed by atoms with van der Waals surface area (Å²) in [5, 5.41) is 21.5. The van der Waals surface area contributed by atoms with Crippen LogP contribution in [0.15, 0.2) is 54.1 Å². The zero-order valence-corrected chi connectivity index (χ0v) is 18.9. The van der Waals surface area contributed by atoms with E-state index in [9.17, 15) is 19.2 Å². The van der Waals surface area contributed by atoms with Gasteiger partial charge >= 0.3 is 18.0 Å². The van der Waals surface area contributed by atoms with E-state index in [1.165, 1.54) is 10.5 Å². The number of nitrogens with one attached hydrogen (secondary N) is 2. The molecule has 0 radical (unpaired) electrons. The summed E-state index contributed by atoms with van der Waals surface area (Å²) in [6, 6.07) is 9.09. The third-order valence-corrected chi connectivity index (χ3v) is 5.92. The molecule has 0 bridgehead atoms. The number of H-pyrrole nitrogens is 1. The van der Waals surface area contributed by atoms with Crippen molar-refractivity contribution < 1.29 is 29.4 Å². The van der Waals surface area contributed by atoms with E-state index in [1.54, 1.807) is 11.3 Å². The van der Waals surface area contributed by atoms with Crippen molar-refractivity contribution in [3.8, 4) is 0 Å². The van der Waals surface area contributed by atoms with E-state index in [1.807, 2.05) is 35.8 Å². The SMILES string of the molecule is NCCc1c[nH]c2ccc(CC3NC(=O)N(Cc4cccs4)C3=O)cc12.O=C(O)/C=C\C(=O)O. The molecule has 3 heterocycles. The van der Waals surface area contributed by atoms with Crippen LogP contribution in [0.4, 0.5) is 4.79 Å². The lowest BCUT2D eigenvalue weighted by molar-refractivity contribution is -0.134. The number of hydrogen-bond acceptors (Lipinski definition) is 6. The second-order valence-electron chi connectivity index (χ2n) is 7.45. The summed E-state index contributed by atoms with van der Waals surface area (Å²) >= 11 is 1.54. The van der Waals surface area contributed by atoms with E-state index >= 15 is 0 Å². The summed E-state index contributed by atoms with van der Waals surface area (Å²) in [7, 11) is 0. The molecule has 1 atom stereocenters.